The maximum Gasteiger partial charge on any atom is 0.270 e. The van der Waals surface area contributed by atoms with Crippen LogP contribution in [0.2, 0.25) is 5.02 Å². The Hall–Kier alpha value is -2.84. The number of nitrogens with zero attached hydrogens (tertiary/aromatic N) is 3. The third-order valence-corrected chi connectivity index (χ3v) is 5.12. The highest BCUT2D eigenvalue weighted by Crippen LogP contribution is 2.24. The predicted octanol–water partition coefficient (Wildman–Crippen LogP) is 3.13. The Morgan fingerprint density at radius 2 is 1.86 bits per heavy atom. The van der Waals surface area contributed by atoms with Crippen LogP contribution in [0.3, 0.4) is 0 Å². The topological polar surface area (TPSA) is 88.0 Å². The number of piperazine rings is 1. The maximum atomic E-state index is 12.9. The molecule has 154 valence electrons. The fourth-order valence-corrected chi connectivity index (χ4v) is 3.34. The zero-order valence-electron chi connectivity index (χ0n) is 16.1. The molecule has 0 radical (unpaired) electrons. The van der Waals surface area contributed by atoms with Crippen LogP contribution in [0.1, 0.15) is 10.4 Å². The Morgan fingerprint density at radius 3 is 2.48 bits per heavy atom. The Morgan fingerprint density at radius 1 is 1.17 bits per heavy atom. The van der Waals surface area contributed by atoms with E-state index in [2.05, 4.69) is 10.2 Å². The number of benzene rings is 2. The van der Waals surface area contributed by atoms with Gasteiger partial charge in [0.25, 0.3) is 11.6 Å². The van der Waals surface area contributed by atoms with Gasteiger partial charge in [-0.1, -0.05) is 11.6 Å². The van der Waals surface area contributed by atoms with Crippen LogP contribution in [-0.4, -0.2) is 67.0 Å². The van der Waals surface area contributed by atoms with Gasteiger partial charge in [0.1, 0.15) is 12.4 Å². The van der Waals surface area contributed by atoms with E-state index in [4.69, 9.17) is 16.3 Å². The first-order chi connectivity index (χ1) is 14.0. The van der Waals surface area contributed by atoms with E-state index in [1.807, 2.05) is 12.1 Å². The molecule has 29 heavy (non-hydrogen) atoms. The van der Waals surface area contributed by atoms with Gasteiger partial charge in [0.15, 0.2) is 0 Å². The van der Waals surface area contributed by atoms with Gasteiger partial charge in [0.05, 0.1) is 10.5 Å². The summed E-state index contributed by atoms with van der Waals surface area (Å²) < 4.78 is 5.72. The number of non-ortho nitro benzene ring substituents is 1. The summed E-state index contributed by atoms with van der Waals surface area (Å²) in [5.41, 5.74) is 0.811. The van der Waals surface area contributed by atoms with Crippen LogP contribution in [0.25, 0.3) is 0 Å². The van der Waals surface area contributed by atoms with Crippen LogP contribution in [0, 0.1) is 10.1 Å². The number of hydrogen-bond acceptors (Lipinski definition) is 6. The SMILES string of the molecule is CNc1ccc([N+](=O)[O-])cc1C(=O)N1CCN(CCOc2ccc(Cl)cc2)CC1. The van der Waals surface area contributed by atoms with Crippen molar-refractivity contribution >= 4 is 28.9 Å². The van der Waals surface area contributed by atoms with Gasteiger partial charge in [-0.15, -0.1) is 0 Å². The van der Waals surface area contributed by atoms with Gasteiger partial charge < -0.3 is 15.0 Å². The highest BCUT2D eigenvalue weighted by Gasteiger charge is 2.25. The summed E-state index contributed by atoms with van der Waals surface area (Å²) in [7, 11) is 1.69. The first kappa shape index (κ1) is 20.9. The van der Waals surface area contributed by atoms with Gasteiger partial charge in [-0.05, 0) is 30.3 Å². The van der Waals surface area contributed by atoms with E-state index >= 15 is 0 Å². The molecule has 0 aromatic heterocycles. The van der Waals surface area contributed by atoms with E-state index in [-0.39, 0.29) is 11.6 Å². The average Bonchev–Trinajstić information content (AvgIpc) is 2.74. The predicted molar refractivity (Wildman–Crippen MR) is 112 cm³/mol. The van der Waals surface area contributed by atoms with Crippen molar-refractivity contribution in [2.75, 3.05) is 51.7 Å². The number of nitro groups is 1. The number of hydrogen-bond donors (Lipinski definition) is 1. The molecule has 0 saturated carbocycles. The van der Waals surface area contributed by atoms with E-state index in [1.165, 1.54) is 12.1 Å². The highest BCUT2D eigenvalue weighted by atomic mass is 35.5. The average molecular weight is 419 g/mol. The number of carbonyl (C=O) groups is 1. The Bertz CT molecular complexity index is 867. The number of anilines is 1. The molecule has 0 bridgehead atoms. The molecule has 1 amide bonds. The number of ether oxygens (including phenoxy) is 1. The monoisotopic (exact) mass is 418 g/mol. The zero-order chi connectivity index (χ0) is 20.8. The lowest BCUT2D eigenvalue weighted by Crippen LogP contribution is -2.49. The summed E-state index contributed by atoms with van der Waals surface area (Å²) in [5.74, 6) is 0.573. The molecule has 2 aromatic carbocycles. The van der Waals surface area contributed by atoms with E-state index in [0.717, 1.165) is 25.4 Å². The molecule has 3 rings (SSSR count). The minimum Gasteiger partial charge on any atom is -0.492 e. The fourth-order valence-electron chi connectivity index (χ4n) is 3.21. The molecule has 1 saturated heterocycles. The number of carbonyl (C=O) groups excluding carboxylic acids is 1. The lowest BCUT2D eigenvalue weighted by atomic mass is 10.1. The summed E-state index contributed by atoms with van der Waals surface area (Å²) in [6, 6.07) is 11.5. The smallest absolute Gasteiger partial charge is 0.270 e. The summed E-state index contributed by atoms with van der Waals surface area (Å²) in [6.45, 7) is 3.86. The molecule has 8 nitrogen and oxygen atoms in total. The molecule has 1 aliphatic heterocycles. The normalized spacial score (nSPS) is 14.5. The molecule has 1 aliphatic rings. The van der Waals surface area contributed by atoms with E-state index in [0.29, 0.717) is 36.0 Å². The maximum absolute atomic E-state index is 12.9. The van der Waals surface area contributed by atoms with Gasteiger partial charge >= 0.3 is 0 Å². The van der Waals surface area contributed by atoms with Crippen molar-refractivity contribution < 1.29 is 14.5 Å². The molecule has 2 aromatic rings. The van der Waals surface area contributed by atoms with Gasteiger partial charge in [-0.3, -0.25) is 19.8 Å². The van der Waals surface area contributed by atoms with E-state index in [1.54, 1.807) is 30.1 Å². The lowest BCUT2D eigenvalue weighted by Gasteiger charge is -2.34. The van der Waals surface area contributed by atoms with Crippen LogP contribution in [0.5, 0.6) is 5.75 Å². The summed E-state index contributed by atoms with van der Waals surface area (Å²) in [5, 5.41) is 14.7. The highest BCUT2D eigenvalue weighted by molar-refractivity contribution is 6.30. The number of nitro benzene ring substituents is 1. The molecule has 1 N–H and O–H groups in total. The van der Waals surface area contributed by atoms with Crippen molar-refractivity contribution in [3.8, 4) is 5.75 Å². The quantitative estimate of drug-likeness (QED) is 0.549. The first-order valence-corrected chi connectivity index (χ1v) is 9.72. The molecule has 0 unspecified atom stereocenters. The van der Waals surface area contributed by atoms with Crippen LogP contribution >= 0.6 is 11.6 Å². The van der Waals surface area contributed by atoms with Gasteiger partial charge in [0.2, 0.25) is 0 Å². The third-order valence-electron chi connectivity index (χ3n) is 4.86. The molecule has 1 fully saturated rings. The summed E-state index contributed by atoms with van der Waals surface area (Å²) in [4.78, 5) is 27.4. The van der Waals surface area contributed by atoms with Gasteiger partial charge in [-0.2, -0.15) is 0 Å². The van der Waals surface area contributed by atoms with Crippen molar-refractivity contribution in [2.45, 2.75) is 0 Å². The van der Waals surface area contributed by atoms with Crippen LogP contribution in [0.15, 0.2) is 42.5 Å². The molecule has 0 aliphatic carbocycles. The van der Waals surface area contributed by atoms with Crippen molar-refractivity contribution in [2.24, 2.45) is 0 Å². The number of rotatable bonds is 7. The largest absolute Gasteiger partial charge is 0.492 e. The minimum atomic E-state index is -0.491. The molecule has 0 spiro atoms. The molecular weight excluding hydrogens is 396 g/mol. The molecule has 9 heteroatoms. The summed E-state index contributed by atoms with van der Waals surface area (Å²) in [6.07, 6.45) is 0. The third kappa shape index (κ3) is 5.36. The minimum absolute atomic E-state index is 0.0923. The van der Waals surface area contributed by atoms with Gasteiger partial charge in [0, 0.05) is 62.6 Å². The Balaban J connectivity index is 1.52. The van der Waals surface area contributed by atoms with E-state index in [9.17, 15) is 14.9 Å². The van der Waals surface area contributed by atoms with Crippen molar-refractivity contribution in [1.29, 1.82) is 0 Å². The number of amides is 1. The lowest BCUT2D eigenvalue weighted by molar-refractivity contribution is -0.384. The second kappa shape index (κ2) is 9.58. The van der Waals surface area contributed by atoms with Crippen LogP contribution in [-0.2, 0) is 0 Å². The van der Waals surface area contributed by atoms with E-state index < -0.39 is 4.92 Å². The first-order valence-electron chi connectivity index (χ1n) is 9.34. The van der Waals surface area contributed by atoms with Gasteiger partial charge in [-0.25, -0.2) is 0 Å². The van der Waals surface area contributed by atoms with Crippen LogP contribution < -0.4 is 10.1 Å². The molecule has 0 atom stereocenters. The van der Waals surface area contributed by atoms with Crippen LogP contribution in [0.4, 0.5) is 11.4 Å². The molecule has 1 heterocycles. The van der Waals surface area contributed by atoms with Crippen molar-refractivity contribution in [3.63, 3.8) is 0 Å². The second-order valence-corrected chi connectivity index (χ2v) is 7.11. The van der Waals surface area contributed by atoms with Crippen molar-refractivity contribution in [3.05, 3.63) is 63.2 Å². The Kier molecular flexibility index (Phi) is 6.90. The summed E-state index contributed by atoms with van der Waals surface area (Å²) >= 11 is 5.86. The Labute approximate surface area is 174 Å². The number of halogens is 1. The number of nitrogens with one attached hydrogen (secondary N) is 1. The fraction of sp³-hybridized carbons (Fsp3) is 0.350. The second-order valence-electron chi connectivity index (χ2n) is 6.67. The standard InChI is InChI=1S/C20H23ClN4O4/c1-22-19-7-4-16(25(27)28)14-18(19)20(26)24-10-8-23(9-11-24)12-13-29-17-5-2-15(21)3-6-17/h2-7,14,22H,8-13H2,1H3. The molecular formula is C20H23ClN4O4. The van der Waals surface area contributed by atoms with Crippen molar-refractivity contribution in [1.82, 2.24) is 9.80 Å². The zero-order valence-corrected chi connectivity index (χ0v) is 16.9.